The normalized spacial score (nSPS) is 23.6. The van der Waals surface area contributed by atoms with Crippen LogP contribution in [-0.2, 0) is 0 Å². The second-order valence-corrected chi connectivity index (χ2v) is 6.38. The summed E-state index contributed by atoms with van der Waals surface area (Å²) in [6.07, 6.45) is 1.90. The number of hydrogen-bond donors (Lipinski definition) is 1. The molecule has 5 heteroatoms. The molecule has 0 bridgehead atoms. The Morgan fingerprint density at radius 3 is 2.59 bits per heavy atom. The molecule has 1 aromatic rings. The van der Waals surface area contributed by atoms with Crippen LogP contribution in [0.15, 0.2) is 24.3 Å². The van der Waals surface area contributed by atoms with E-state index in [1.54, 1.807) is 4.90 Å². The monoisotopic (exact) mass is 303 g/mol. The molecule has 1 atom stereocenters. The van der Waals surface area contributed by atoms with Crippen molar-refractivity contribution in [2.24, 2.45) is 0 Å². The topological polar surface area (TPSA) is 47.0 Å². The third kappa shape index (κ3) is 3.25. The maximum Gasteiger partial charge on any atom is 0.256 e. The Morgan fingerprint density at radius 2 is 1.82 bits per heavy atom. The van der Waals surface area contributed by atoms with Gasteiger partial charge in [-0.25, -0.2) is 0 Å². The number of aliphatic hydroxyl groups excluding tert-OH is 1. The highest BCUT2D eigenvalue weighted by molar-refractivity contribution is 6.00. The van der Waals surface area contributed by atoms with Gasteiger partial charge in [0.15, 0.2) is 0 Å². The highest BCUT2D eigenvalue weighted by Gasteiger charge is 2.26. The first kappa shape index (κ1) is 15.3. The molecule has 0 unspecified atom stereocenters. The average Bonchev–Trinajstić information content (AvgIpc) is 2.99. The Balaban J connectivity index is 1.82. The molecule has 1 amide bonds. The van der Waals surface area contributed by atoms with Gasteiger partial charge in [0.1, 0.15) is 0 Å². The number of amides is 1. The minimum absolute atomic E-state index is 0.0388. The molecule has 0 spiro atoms. The smallest absolute Gasteiger partial charge is 0.256 e. The summed E-state index contributed by atoms with van der Waals surface area (Å²) >= 11 is 0. The molecule has 3 rings (SSSR count). The summed E-state index contributed by atoms with van der Waals surface area (Å²) in [6, 6.07) is 7.87. The van der Waals surface area contributed by atoms with Gasteiger partial charge in [-0.05, 0) is 32.0 Å². The summed E-state index contributed by atoms with van der Waals surface area (Å²) in [5.74, 6) is 0.0388. The molecule has 2 heterocycles. The number of hydrogen-bond acceptors (Lipinski definition) is 4. The van der Waals surface area contributed by atoms with Crippen molar-refractivity contribution in [3.63, 3.8) is 0 Å². The highest BCUT2D eigenvalue weighted by Crippen LogP contribution is 2.26. The zero-order chi connectivity index (χ0) is 15.5. The molecule has 2 saturated heterocycles. The highest BCUT2D eigenvalue weighted by atomic mass is 16.3. The van der Waals surface area contributed by atoms with E-state index < -0.39 is 6.10 Å². The van der Waals surface area contributed by atoms with Crippen molar-refractivity contribution in [2.45, 2.75) is 18.9 Å². The number of β-amino-alcohol motifs (C(OH)–C–C–N with tert-alkyl or cyclic N) is 1. The SMILES string of the molecule is CN1CCN(C(=O)c2ccccc2N2CCCC2)C[C@H](O)C1. The van der Waals surface area contributed by atoms with Gasteiger partial charge in [0.05, 0.1) is 11.7 Å². The van der Waals surface area contributed by atoms with E-state index in [4.69, 9.17) is 0 Å². The number of carbonyl (C=O) groups excluding carboxylic acids is 1. The van der Waals surface area contributed by atoms with E-state index in [-0.39, 0.29) is 5.91 Å². The van der Waals surface area contributed by atoms with Crippen molar-refractivity contribution in [1.29, 1.82) is 0 Å². The Hall–Kier alpha value is -1.59. The van der Waals surface area contributed by atoms with Crippen molar-refractivity contribution < 1.29 is 9.90 Å². The maximum absolute atomic E-state index is 13.0. The summed E-state index contributed by atoms with van der Waals surface area (Å²) in [5.41, 5.74) is 1.80. The Bertz CT molecular complexity index is 528. The predicted molar refractivity (Wildman–Crippen MR) is 87.3 cm³/mol. The molecule has 0 aromatic heterocycles. The van der Waals surface area contributed by atoms with Crippen molar-refractivity contribution in [3.05, 3.63) is 29.8 Å². The van der Waals surface area contributed by atoms with Gasteiger partial charge < -0.3 is 19.8 Å². The molecule has 0 aliphatic carbocycles. The third-order valence-electron chi connectivity index (χ3n) is 4.57. The van der Waals surface area contributed by atoms with E-state index >= 15 is 0 Å². The summed E-state index contributed by atoms with van der Waals surface area (Å²) < 4.78 is 0. The quantitative estimate of drug-likeness (QED) is 0.887. The number of nitrogens with zero attached hydrogens (tertiary/aromatic N) is 3. The first-order valence-corrected chi connectivity index (χ1v) is 8.15. The van der Waals surface area contributed by atoms with Crippen LogP contribution in [0.3, 0.4) is 0 Å². The summed E-state index contributed by atoms with van der Waals surface area (Å²) in [4.78, 5) is 19.1. The standard InChI is InChI=1S/C17H25N3O2/c1-18-10-11-20(13-14(21)12-18)17(22)15-6-2-3-7-16(15)19-8-4-5-9-19/h2-3,6-7,14,21H,4-5,8-13H2,1H3/t14-/m1/s1. The van der Waals surface area contributed by atoms with Crippen molar-refractivity contribution in [1.82, 2.24) is 9.80 Å². The van der Waals surface area contributed by atoms with Crippen molar-refractivity contribution in [2.75, 3.05) is 51.2 Å². The number of rotatable bonds is 2. The van der Waals surface area contributed by atoms with Gasteiger partial charge in [-0.3, -0.25) is 4.79 Å². The fraction of sp³-hybridized carbons (Fsp3) is 0.588. The molecule has 5 nitrogen and oxygen atoms in total. The second kappa shape index (κ2) is 6.67. The van der Waals surface area contributed by atoms with Crippen molar-refractivity contribution >= 4 is 11.6 Å². The van der Waals surface area contributed by atoms with Gasteiger partial charge in [0.2, 0.25) is 0 Å². The van der Waals surface area contributed by atoms with Gasteiger partial charge in [0.25, 0.3) is 5.91 Å². The molecule has 2 aliphatic heterocycles. The molecule has 0 saturated carbocycles. The van der Waals surface area contributed by atoms with E-state index in [0.29, 0.717) is 19.6 Å². The predicted octanol–water partition coefficient (Wildman–Crippen LogP) is 1.04. The lowest BCUT2D eigenvalue weighted by Crippen LogP contribution is -2.38. The van der Waals surface area contributed by atoms with Gasteiger partial charge in [-0.2, -0.15) is 0 Å². The van der Waals surface area contributed by atoms with Gasteiger partial charge >= 0.3 is 0 Å². The van der Waals surface area contributed by atoms with Crippen LogP contribution in [0.25, 0.3) is 0 Å². The first-order chi connectivity index (χ1) is 10.6. The fourth-order valence-corrected chi connectivity index (χ4v) is 3.39. The van der Waals surface area contributed by atoms with E-state index in [2.05, 4.69) is 9.80 Å². The summed E-state index contributed by atoms with van der Waals surface area (Å²) in [5, 5.41) is 10.1. The van der Waals surface area contributed by atoms with Crippen LogP contribution in [0, 0.1) is 0 Å². The summed E-state index contributed by atoms with van der Waals surface area (Å²) in [7, 11) is 1.98. The van der Waals surface area contributed by atoms with E-state index in [1.165, 1.54) is 12.8 Å². The number of likely N-dealkylation sites (N-methyl/N-ethyl adjacent to an activating group) is 1. The maximum atomic E-state index is 13.0. The average molecular weight is 303 g/mol. The zero-order valence-corrected chi connectivity index (χ0v) is 13.2. The second-order valence-electron chi connectivity index (χ2n) is 6.38. The van der Waals surface area contributed by atoms with Crippen LogP contribution in [-0.4, -0.2) is 73.2 Å². The molecular formula is C17H25N3O2. The molecule has 1 N–H and O–H groups in total. The van der Waals surface area contributed by atoms with Gasteiger partial charge in [0, 0.05) is 45.0 Å². The van der Waals surface area contributed by atoms with Gasteiger partial charge in [-0.1, -0.05) is 12.1 Å². The Labute approximate surface area is 132 Å². The van der Waals surface area contributed by atoms with Crippen LogP contribution in [0.1, 0.15) is 23.2 Å². The zero-order valence-electron chi connectivity index (χ0n) is 13.2. The molecular weight excluding hydrogens is 278 g/mol. The molecule has 22 heavy (non-hydrogen) atoms. The van der Waals surface area contributed by atoms with Gasteiger partial charge in [-0.15, -0.1) is 0 Å². The number of benzene rings is 1. The van der Waals surface area contributed by atoms with E-state index in [9.17, 15) is 9.90 Å². The number of para-hydroxylation sites is 1. The third-order valence-corrected chi connectivity index (χ3v) is 4.57. The van der Waals surface area contributed by atoms with Crippen LogP contribution >= 0.6 is 0 Å². The molecule has 1 aromatic carbocycles. The van der Waals surface area contributed by atoms with Crippen LogP contribution in [0.5, 0.6) is 0 Å². The number of aliphatic hydroxyl groups is 1. The number of anilines is 1. The van der Waals surface area contributed by atoms with E-state index in [0.717, 1.165) is 30.9 Å². The number of carbonyl (C=O) groups is 1. The lowest BCUT2D eigenvalue weighted by molar-refractivity contribution is 0.0667. The minimum Gasteiger partial charge on any atom is -0.390 e. The molecule has 2 fully saturated rings. The Morgan fingerprint density at radius 1 is 1.09 bits per heavy atom. The lowest BCUT2D eigenvalue weighted by Gasteiger charge is -2.26. The summed E-state index contributed by atoms with van der Waals surface area (Å²) in [6.45, 7) is 4.55. The Kier molecular flexibility index (Phi) is 4.64. The van der Waals surface area contributed by atoms with E-state index in [1.807, 2.05) is 31.3 Å². The van der Waals surface area contributed by atoms with Crippen LogP contribution in [0.4, 0.5) is 5.69 Å². The minimum atomic E-state index is -0.476. The first-order valence-electron chi connectivity index (χ1n) is 8.15. The van der Waals surface area contributed by atoms with Crippen LogP contribution in [0.2, 0.25) is 0 Å². The molecule has 120 valence electrons. The lowest BCUT2D eigenvalue weighted by atomic mass is 10.1. The molecule has 0 radical (unpaired) electrons. The fourth-order valence-electron chi connectivity index (χ4n) is 3.39. The van der Waals surface area contributed by atoms with Crippen LogP contribution < -0.4 is 4.90 Å². The molecule has 2 aliphatic rings. The largest absolute Gasteiger partial charge is 0.390 e. The van der Waals surface area contributed by atoms with Crippen molar-refractivity contribution in [3.8, 4) is 0 Å².